The molecule has 0 saturated heterocycles. The van der Waals surface area contributed by atoms with Crippen LogP contribution in [0.3, 0.4) is 0 Å². The van der Waals surface area contributed by atoms with Crippen LogP contribution in [0.2, 0.25) is 0 Å². The molecule has 2 saturated carbocycles. The Bertz CT molecular complexity index is 586. The van der Waals surface area contributed by atoms with Crippen LogP contribution in [0.4, 0.5) is 0 Å². The monoisotopic (exact) mass is 302 g/mol. The van der Waals surface area contributed by atoms with E-state index in [-0.39, 0.29) is 11.9 Å². The van der Waals surface area contributed by atoms with E-state index in [9.17, 15) is 4.79 Å². The Morgan fingerprint density at radius 1 is 1.24 bits per heavy atom. The highest BCUT2D eigenvalue weighted by molar-refractivity contribution is 6.19. The zero-order valence-electron chi connectivity index (χ0n) is 11.9. The molecule has 4 heteroatoms. The number of hydrogen-bond donors (Lipinski definition) is 0. The van der Waals surface area contributed by atoms with Gasteiger partial charge < -0.3 is 0 Å². The Hall–Kier alpha value is -1.35. The van der Waals surface area contributed by atoms with Crippen molar-refractivity contribution >= 4 is 23.2 Å². The number of halogens is 1. The number of fused-ring (bicyclic) bond motifs is 5. The number of benzene rings is 1. The first-order chi connectivity index (χ1) is 10.3. The molecule has 1 aromatic carbocycles. The average molecular weight is 303 g/mol. The van der Waals surface area contributed by atoms with Gasteiger partial charge in [-0.25, -0.2) is 5.01 Å². The molecular weight excluding hydrogens is 284 g/mol. The largest absolute Gasteiger partial charge is 0.274 e. The Kier molecular flexibility index (Phi) is 3.26. The second-order valence-corrected chi connectivity index (χ2v) is 6.77. The second-order valence-electron chi connectivity index (χ2n) is 6.40. The number of alkyl halides is 1. The number of hydrogen-bond acceptors (Lipinski definition) is 2. The summed E-state index contributed by atoms with van der Waals surface area (Å²) in [5, 5.41) is 6.48. The maximum Gasteiger partial charge on any atom is 0.274 e. The normalized spacial score (nSPS) is 33.2. The van der Waals surface area contributed by atoms with Gasteiger partial charge in [0.15, 0.2) is 0 Å². The zero-order valence-corrected chi connectivity index (χ0v) is 12.7. The van der Waals surface area contributed by atoms with Crippen LogP contribution in [0.15, 0.2) is 35.4 Å². The van der Waals surface area contributed by atoms with E-state index in [1.165, 1.54) is 19.3 Å². The number of hydrazone groups is 1. The lowest BCUT2D eigenvalue weighted by Crippen LogP contribution is -2.41. The molecule has 0 aromatic heterocycles. The lowest BCUT2D eigenvalue weighted by molar-refractivity contribution is 0.0629. The van der Waals surface area contributed by atoms with Crippen LogP contribution in [0.5, 0.6) is 0 Å². The van der Waals surface area contributed by atoms with Crippen molar-refractivity contribution in [3.63, 3.8) is 0 Å². The molecule has 2 bridgehead atoms. The second kappa shape index (κ2) is 5.13. The Morgan fingerprint density at radius 3 is 2.76 bits per heavy atom. The number of nitrogens with zero attached hydrogens (tertiary/aromatic N) is 2. The van der Waals surface area contributed by atoms with Crippen LogP contribution < -0.4 is 0 Å². The fourth-order valence-corrected chi connectivity index (χ4v) is 4.75. The average Bonchev–Trinajstić information content (AvgIpc) is 3.20. The SMILES string of the molecule is O=C(c1ccccc1)N1N=C(CCCl)[C@H]2[C@H]3CC[C@@H](C3)[C@@H]21. The van der Waals surface area contributed by atoms with Gasteiger partial charge in [-0.05, 0) is 43.2 Å². The topological polar surface area (TPSA) is 32.7 Å². The van der Waals surface area contributed by atoms with Gasteiger partial charge in [-0.1, -0.05) is 18.2 Å². The number of amides is 1. The van der Waals surface area contributed by atoms with Crippen molar-refractivity contribution in [3.8, 4) is 0 Å². The minimum absolute atomic E-state index is 0.0442. The highest BCUT2D eigenvalue weighted by atomic mass is 35.5. The van der Waals surface area contributed by atoms with Gasteiger partial charge in [-0.15, -0.1) is 11.6 Å². The summed E-state index contributed by atoms with van der Waals surface area (Å²) in [6.07, 6.45) is 4.61. The molecule has 1 aromatic rings. The third-order valence-corrected chi connectivity index (χ3v) is 5.54. The molecule has 0 unspecified atom stereocenters. The minimum atomic E-state index is 0.0442. The molecule has 2 fully saturated rings. The van der Waals surface area contributed by atoms with Crippen LogP contribution in [0.1, 0.15) is 36.0 Å². The zero-order chi connectivity index (χ0) is 14.4. The Labute approximate surface area is 130 Å². The predicted molar refractivity (Wildman–Crippen MR) is 83.5 cm³/mol. The predicted octanol–water partition coefficient (Wildman–Crippen LogP) is 3.54. The molecule has 4 rings (SSSR count). The molecule has 4 atom stereocenters. The maximum absolute atomic E-state index is 12.8. The highest BCUT2D eigenvalue weighted by Gasteiger charge is 2.56. The number of rotatable bonds is 3. The van der Waals surface area contributed by atoms with Crippen molar-refractivity contribution in [2.24, 2.45) is 22.9 Å². The molecule has 0 radical (unpaired) electrons. The van der Waals surface area contributed by atoms with Crippen LogP contribution in [-0.2, 0) is 0 Å². The van der Waals surface area contributed by atoms with Gasteiger partial charge in [0.1, 0.15) is 0 Å². The summed E-state index contributed by atoms with van der Waals surface area (Å²) >= 11 is 5.93. The van der Waals surface area contributed by atoms with E-state index in [0.29, 0.717) is 17.7 Å². The molecule has 1 amide bonds. The van der Waals surface area contributed by atoms with Crippen LogP contribution >= 0.6 is 11.6 Å². The molecule has 2 aliphatic carbocycles. The van der Waals surface area contributed by atoms with E-state index >= 15 is 0 Å². The van der Waals surface area contributed by atoms with E-state index in [1.807, 2.05) is 30.3 Å². The van der Waals surface area contributed by atoms with Gasteiger partial charge in [-0.3, -0.25) is 4.79 Å². The quantitative estimate of drug-likeness (QED) is 0.786. The van der Waals surface area contributed by atoms with Gasteiger partial charge in [0.05, 0.1) is 6.04 Å². The summed E-state index contributed by atoms with van der Waals surface area (Å²) in [7, 11) is 0. The first-order valence-electron chi connectivity index (χ1n) is 7.81. The standard InChI is InChI=1S/C17H19ClN2O/c18-9-8-14-15-12-6-7-13(10-12)16(15)20(19-14)17(21)11-4-2-1-3-5-11/h1-5,12-13,15-16H,6-10H2/t12-,13-,15+,16-/m0/s1. The molecule has 0 N–H and O–H groups in total. The van der Waals surface area contributed by atoms with Gasteiger partial charge >= 0.3 is 0 Å². The van der Waals surface area contributed by atoms with E-state index in [4.69, 9.17) is 16.7 Å². The van der Waals surface area contributed by atoms with Crippen molar-refractivity contribution in [1.29, 1.82) is 0 Å². The maximum atomic E-state index is 12.8. The van der Waals surface area contributed by atoms with Gasteiger partial charge in [0.25, 0.3) is 5.91 Å². The van der Waals surface area contributed by atoms with Crippen LogP contribution in [-0.4, -0.2) is 28.5 Å². The Morgan fingerprint density at radius 2 is 2.00 bits per heavy atom. The molecule has 1 aliphatic heterocycles. The summed E-state index contributed by atoms with van der Waals surface area (Å²) in [4.78, 5) is 12.8. The third kappa shape index (κ3) is 2.02. The summed E-state index contributed by atoms with van der Waals surface area (Å²) in [5.41, 5.74) is 1.89. The smallest absolute Gasteiger partial charge is 0.267 e. The highest BCUT2D eigenvalue weighted by Crippen LogP contribution is 2.54. The van der Waals surface area contributed by atoms with Crippen LogP contribution in [0.25, 0.3) is 0 Å². The molecule has 21 heavy (non-hydrogen) atoms. The molecule has 3 aliphatic rings. The van der Waals surface area contributed by atoms with Crippen molar-refractivity contribution in [1.82, 2.24) is 5.01 Å². The fourth-order valence-electron chi connectivity index (χ4n) is 4.56. The van der Waals surface area contributed by atoms with Gasteiger partial charge in [-0.2, -0.15) is 5.10 Å². The van der Waals surface area contributed by atoms with Crippen molar-refractivity contribution in [3.05, 3.63) is 35.9 Å². The summed E-state index contributed by atoms with van der Waals surface area (Å²) < 4.78 is 0. The Balaban J connectivity index is 1.67. The van der Waals surface area contributed by atoms with Crippen molar-refractivity contribution in [2.45, 2.75) is 31.7 Å². The fraction of sp³-hybridized carbons (Fsp3) is 0.529. The molecule has 1 heterocycles. The van der Waals surface area contributed by atoms with E-state index < -0.39 is 0 Å². The van der Waals surface area contributed by atoms with E-state index in [1.54, 1.807) is 5.01 Å². The first kappa shape index (κ1) is 13.3. The van der Waals surface area contributed by atoms with Gasteiger partial charge in [0.2, 0.25) is 0 Å². The molecular formula is C17H19ClN2O. The lowest BCUT2D eigenvalue weighted by Gasteiger charge is -2.30. The van der Waals surface area contributed by atoms with Gasteiger partial charge in [0, 0.05) is 29.5 Å². The van der Waals surface area contributed by atoms with Crippen LogP contribution in [0, 0.1) is 17.8 Å². The van der Waals surface area contributed by atoms with E-state index in [2.05, 4.69) is 0 Å². The molecule has 110 valence electrons. The third-order valence-electron chi connectivity index (χ3n) is 5.36. The van der Waals surface area contributed by atoms with Crippen molar-refractivity contribution in [2.75, 3.05) is 5.88 Å². The number of carbonyl (C=O) groups excluding carboxylic acids is 1. The first-order valence-corrected chi connectivity index (χ1v) is 8.35. The lowest BCUT2D eigenvalue weighted by atomic mass is 9.81. The summed E-state index contributed by atoms with van der Waals surface area (Å²) in [6, 6.07) is 9.79. The summed E-state index contributed by atoms with van der Waals surface area (Å²) in [6.45, 7) is 0. The summed E-state index contributed by atoms with van der Waals surface area (Å²) in [5.74, 6) is 2.45. The minimum Gasteiger partial charge on any atom is -0.267 e. The van der Waals surface area contributed by atoms with Crippen molar-refractivity contribution < 1.29 is 4.79 Å². The van der Waals surface area contributed by atoms with E-state index in [0.717, 1.165) is 23.6 Å². The molecule has 3 nitrogen and oxygen atoms in total. The molecule has 0 spiro atoms. The number of carbonyl (C=O) groups is 1.